The summed E-state index contributed by atoms with van der Waals surface area (Å²) in [5.74, 6) is 1.20. The Bertz CT molecular complexity index is 644. The van der Waals surface area contributed by atoms with Gasteiger partial charge in [0.25, 0.3) is 0 Å². The Morgan fingerprint density at radius 2 is 2.26 bits per heavy atom. The number of aliphatic hydroxyl groups is 1. The van der Waals surface area contributed by atoms with E-state index >= 15 is 0 Å². The second-order valence-electron chi connectivity index (χ2n) is 7.14. The van der Waals surface area contributed by atoms with Crippen molar-refractivity contribution in [3.63, 3.8) is 0 Å². The molecule has 4 aliphatic rings. The van der Waals surface area contributed by atoms with E-state index in [2.05, 4.69) is 28.9 Å². The topological polar surface area (TPSA) is 52.6 Å². The van der Waals surface area contributed by atoms with Crippen LogP contribution in [-0.2, 0) is 10.2 Å². The minimum Gasteiger partial charge on any atom is -0.396 e. The molecule has 0 aliphatic carbocycles. The molecule has 1 aromatic carbocycles. The smallest absolute Gasteiger partial charge is 0.236 e. The highest BCUT2D eigenvalue weighted by atomic mass is 16.3. The van der Waals surface area contributed by atoms with Gasteiger partial charge in [-0.05, 0) is 49.3 Å². The van der Waals surface area contributed by atoms with Gasteiger partial charge in [-0.15, -0.1) is 6.58 Å². The van der Waals surface area contributed by atoms with Crippen LogP contribution in [0.15, 0.2) is 36.9 Å². The second kappa shape index (κ2) is 5.46. The quantitative estimate of drug-likeness (QED) is 0.838. The molecule has 4 heterocycles. The predicted octanol–water partition coefficient (Wildman–Crippen LogP) is 2.16. The molecular formula is C19H24N2O2. The van der Waals surface area contributed by atoms with Gasteiger partial charge >= 0.3 is 0 Å². The number of fused-ring (bicyclic) bond motifs is 4. The van der Waals surface area contributed by atoms with Crippen molar-refractivity contribution in [2.24, 2.45) is 11.8 Å². The molecule has 1 unspecified atom stereocenters. The molecule has 4 heteroatoms. The van der Waals surface area contributed by atoms with Crippen molar-refractivity contribution in [1.82, 2.24) is 4.90 Å². The minimum absolute atomic E-state index is 0.0294. The number of amides is 1. The van der Waals surface area contributed by atoms with Crippen LogP contribution in [0.25, 0.3) is 0 Å². The Morgan fingerprint density at radius 1 is 1.43 bits per heavy atom. The van der Waals surface area contributed by atoms with Crippen molar-refractivity contribution in [1.29, 1.82) is 0 Å². The molecule has 3 saturated heterocycles. The van der Waals surface area contributed by atoms with E-state index in [1.165, 1.54) is 6.42 Å². The fourth-order valence-corrected chi connectivity index (χ4v) is 5.11. The fourth-order valence-electron chi connectivity index (χ4n) is 5.11. The minimum atomic E-state index is -0.615. The average Bonchev–Trinajstić information content (AvgIpc) is 2.88. The summed E-state index contributed by atoms with van der Waals surface area (Å²) in [6.45, 7) is 6.05. The van der Waals surface area contributed by atoms with E-state index in [0.29, 0.717) is 18.3 Å². The van der Waals surface area contributed by atoms with Gasteiger partial charge in [-0.2, -0.15) is 0 Å². The molecule has 0 aromatic heterocycles. The van der Waals surface area contributed by atoms with E-state index in [1.807, 2.05) is 18.2 Å². The summed E-state index contributed by atoms with van der Waals surface area (Å²) in [6.07, 6.45) is 4.76. The number of para-hydroxylation sites is 1. The number of nitrogens with one attached hydrogen (secondary N) is 1. The number of hydrogen-bond acceptors (Lipinski definition) is 3. The largest absolute Gasteiger partial charge is 0.396 e. The van der Waals surface area contributed by atoms with Crippen LogP contribution in [-0.4, -0.2) is 41.7 Å². The SMILES string of the molecule is C=C[C@@H]1CN2CC[C@H]1C[C@H]2[C@@]1(CCO)C(=O)Nc2ccccc21. The third-order valence-electron chi connectivity index (χ3n) is 6.24. The van der Waals surface area contributed by atoms with Gasteiger partial charge in [0.1, 0.15) is 0 Å². The lowest BCUT2D eigenvalue weighted by atomic mass is 9.63. The first kappa shape index (κ1) is 14.9. The summed E-state index contributed by atoms with van der Waals surface area (Å²) in [7, 11) is 0. The molecule has 1 amide bonds. The van der Waals surface area contributed by atoms with E-state index in [1.54, 1.807) is 0 Å². The van der Waals surface area contributed by atoms with Gasteiger partial charge in [-0.3, -0.25) is 9.69 Å². The number of carbonyl (C=O) groups is 1. The number of benzene rings is 1. The number of carbonyl (C=O) groups excluding carboxylic acids is 1. The van der Waals surface area contributed by atoms with Gasteiger partial charge in [-0.25, -0.2) is 0 Å². The van der Waals surface area contributed by atoms with Crippen LogP contribution in [0.3, 0.4) is 0 Å². The molecule has 1 aromatic rings. The lowest BCUT2D eigenvalue weighted by molar-refractivity contribution is -0.127. The monoisotopic (exact) mass is 312 g/mol. The number of nitrogens with zero attached hydrogens (tertiary/aromatic N) is 1. The Kier molecular flexibility index (Phi) is 3.54. The Balaban J connectivity index is 1.78. The van der Waals surface area contributed by atoms with Crippen LogP contribution in [0, 0.1) is 11.8 Å². The number of aliphatic hydroxyl groups excluding tert-OH is 1. The highest BCUT2D eigenvalue weighted by Crippen LogP contribution is 2.50. The van der Waals surface area contributed by atoms with E-state index in [0.717, 1.165) is 30.8 Å². The summed E-state index contributed by atoms with van der Waals surface area (Å²) in [4.78, 5) is 15.5. The number of hydrogen-bond donors (Lipinski definition) is 2. The van der Waals surface area contributed by atoms with Crippen molar-refractivity contribution in [2.45, 2.75) is 30.7 Å². The molecule has 0 radical (unpaired) electrons. The molecule has 2 N–H and O–H groups in total. The molecule has 5 atom stereocenters. The van der Waals surface area contributed by atoms with Gasteiger partial charge < -0.3 is 10.4 Å². The first-order chi connectivity index (χ1) is 11.2. The zero-order valence-electron chi connectivity index (χ0n) is 13.4. The van der Waals surface area contributed by atoms with Crippen molar-refractivity contribution >= 4 is 11.6 Å². The summed E-state index contributed by atoms with van der Waals surface area (Å²) in [6, 6.07) is 8.14. The summed E-state index contributed by atoms with van der Waals surface area (Å²) in [5.41, 5.74) is 1.36. The summed E-state index contributed by atoms with van der Waals surface area (Å²) >= 11 is 0. The average molecular weight is 312 g/mol. The maximum Gasteiger partial charge on any atom is 0.236 e. The zero-order chi connectivity index (χ0) is 16.0. The normalized spacial score (nSPS) is 38.2. The molecular weight excluding hydrogens is 288 g/mol. The van der Waals surface area contributed by atoms with E-state index < -0.39 is 5.41 Å². The van der Waals surface area contributed by atoms with Crippen LogP contribution >= 0.6 is 0 Å². The molecule has 5 rings (SSSR count). The molecule has 4 nitrogen and oxygen atoms in total. The molecule has 2 bridgehead atoms. The van der Waals surface area contributed by atoms with Crippen LogP contribution in [0.1, 0.15) is 24.8 Å². The Morgan fingerprint density at radius 3 is 2.96 bits per heavy atom. The molecule has 0 saturated carbocycles. The van der Waals surface area contributed by atoms with Crippen molar-refractivity contribution < 1.29 is 9.90 Å². The van der Waals surface area contributed by atoms with Crippen molar-refractivity contribution in [3.05, 3.63) is 42.5 Å². The van der Waals surface area contributed by atoms with Gasteiger partial charge in [0.2, 0.25) is 5.91 Å². The summed E-state index contributed by atoms with van der Waals surface area (Å²) < 4.78 is 0. The first-order valence-corrected chi connectivity index (χ1v) is 8.59. The van der Waals surface area contributed by atoms with Gasteiger partial charge in [0.15, 0.2) is 0 Å². The van der Waals surface area contributed by atoms with Crippen LogP contribution in [0.5, 0.6) is 0 Å². The lowest BCUT2D eigenvalue weighted by Gasteiger charge is -2.54. The Hall–Kier alpha value is -1.65. The maximum atomic E-state index is 13.0. The highest BCUT2D eigenvalue weighted by Gasteiger charge is 2.56. The molecule has 23 heavy (non-hydrogen) atoms. The summed E-state index contributed by atoms with van der Waals surface area (Å²) in [5, 5.41) is 12.8. The maximum absolute atomic E-state index is 13.0. The standard InChI is InChI=1S/C19H24N2O2/c1-2-13-12-21-9-7-14(13)11-17(21)19(8-10-22)15-5-3-4-6-16(15)20-18(19)23/h2-6,13-14,17,22H,1,7-12H2,(H,20,23)/t13-,14+,17+,19+/m1/s1. The van der Waals surface area contributed by atoms with Gasteiger partial charge in [-0.1, -0.05) is 24.3 Å². The second-order valence-corrected chi connectivity index (χ2v) is 7.14. The predicted molar refractivity (Wildman–Crippen MR) is 90.2 cm³/mol. The van der Waals surface area contributed by atoms with Crippen LogP contribution in [0.2, 0.25) is 0 Å². The molecule has 4 aliphatic heterocycles. The van der Waals surface area contributed by atoms with Crippen LogP contribution in [0.4, 0.5) is 5.69 Å². The van der Waals surface area contributed by atoms with Gasteiger partial charge in [0.05, 0.1) is 5.41 Å². The van der Waals surface area contributed by atoms with E-state index in [9.17, 15) is 9.90 Å². The molecule has 122 valence electrons. The zero-order valence-corrected chi connectivity index (χ0v) is 13.4. The molecule has 0 spiro atoms. The van der Waals surface area contributed by atoms with Crippen molar-refractivity contribution in [3.8, 4) is 0 Å². The first-order valence-electron chi connectivity index (χ1n) is 8.59. The Labute approximate surface area is 137 Å². The fraction of sp³-hybridized carbons (Fsp3) is 0.526. The van der Waals surface area contributed by atoms with Crippen LogP contribution < -0.4 is 5.32 Å². The number of rotatable bonds is 4. The third kappa shape index (κ3) is 2.01. The number of anilines is 1. The highest BCUT2D eigenvalue weighted by molar-refractivity contribution is 6.07. The lowest BCUT2D eigenvalue weighted by Crippen LogP contribution is -2.62. The van der Waals surface area contributed by atoms with Crippen molar-refractivity contribution in [2.75, 3.05) is 25.0 Å². The number of piperidine rings is 3. The van der Waals surface area contributed by atoms with Gasteiger partial charge in [0, 0.05) is 24.9 Å². The molecule has 3 fully saturated rings. The van der Waals surface area contributed by atoms with E-state index in [4.69, 9.17) is 0 Å². The van der Waals surface area contributed by atoms with E-state index in [-0.39, 0.29) is 18.6 Å². The third-order valence-corrected chi connectivity index (χ3v) is 6.24.